The number of nitrogens with one attached hydrogen (secondary N) is 2. The normalized spacial score (nSPS) is 14.6. The minimum Gasteiger partial charge on any atom is -0.385 e. The lowest BCUT2D eigenvalue weighted by Crippen LogP contribution is -2.39. The molecule has 0 saturated carbocycles. The van der Waals surface area contributed by atoms with Crippen LogP contribution >= 0.6 is 0 Å². The predicted octanol–water partition coefficient (Wildman–Crippen LogP) is 1.49. The Morgan fingerprint density at radius 2 is 2.00 bits per heavy atom. The molecule has 0 spiro atoms. The van der Waals surface area contributed by atoms with Crippen LogP contribution in [0.15, 0.2) is 35.3 Å². The second-order valence-electron chi connectivity index (χ2n) is 5.11. The third-order valence-electron chi connectivity index (χ3n) is 3.10. The summed E-state index contributed by atoms with van der Waals surface area (Å²) < 4.78 is 5.02. The van der Waals surface area contributed by atoms with Crippen LogP contribution < -0.4 is 10.6 Å². The Kier molecular flexibility index (Phi) is 7.79. The van der Waals surface area contributed by atoms with Crippen LogP contribution in [-0.2, 0) is 10.3 Å². The molecule has 5 heteroatoms. The minimum absolute atomic E-state index is 0.302. The summed E-state index contributed by atoms with van der Waals surface area (Å²) in [5, 5.41) is 16.9. The molecule has 0 bridgehead atoms. The number of nitrogens with zero attached hydrogens (tertiary/aromatic N) is 1. The van der Waals surface area contributed by atoms with E-state index in [0.29, 0.717) is 19.1 Å². The molecule has 0 saturated heterocycles. The molecule has 1 unspecified atom stereocenters. The standard InChI is InChI=1S/C16H27N3O2/c1-4-17-15(18-11-8-12-21-3)19-13-16(2,20)14-9-6-5-7-10-14/h5-7,9-10,20H,4,8,11-13H2,1-3H3,(H2,17,18,19). The number of methoxy groups -OCH3 is 1. The van der Waals surface area contributed by atoms with Gasteiger partial charge >= 0.3 is 0 Å². The van der Waals surface area contributed by atoms with Crippen LogP contribution in [0.2, 0.25) is 0 Å². The van der Waals surface area contributed by atoms with E-state index < -0.39 is 5.60 Å². The van der Waals surface area contributed by atoms with E-state index in [4.69, 9.17) is 4.74 Å². The lowest BCUT2D eigenvalue weighted by atomic mass is 9.96. The topological polar surface area (TPSA) is 65.9 Å². The van der Waals surface area contributed by atoms with Gasteiger partial charge in [0, 0.05) is 26.8 Å². The molecule has 118 valence electrons. The van der Waals surface area contributed by atoms with Gasteiger partial charge in [-0.2, -0.15) is 0 Å². The summed E-state index contributed by atoms with van der Waals surface area (Å²) in [6.07, 6.45) is 0.913. The summed E-state index contributed by atoms with van der Waals surface area (Å²) in [6.45, 7) is 6.38. The fourth-order valence-electron chi connectivity index (χ4n) is 1.89. The molecule has 0 fully saturated rings. The van der Waals surface area contributed by atoms with Gasteiger partial charge in [0.1, 0.15) is 5.60 Å². The van der Waals surface area contributed by atoms with Gasteiger partial charge in [0.15, 0.2) is 5.96 Å². The third kappa shape index (κ3) is 6.60. The van der Waals surface area contributed by atoms with Gasteiger partial charge in [0.2, 0.25) is 0 Å². The zero-order valence-electron chi connectivity index (χ0n) is 13.2. The molecular weight excluding hydrogens is 266 g/mol. The van der Waals surface area contributed by atoms with Crippen LogP contribution in [-0.4, -0.2) is 44.4 Å². The number of benzene rings is 1. The number of ether oxygens (including phenoxy) is 1. The number of rotatable bonds is 8. The molecular formula is C16H27N3O2. The fourth-order valence-corrected chi connectivity index (χ4v) is 1.89. The second kappa shape index (κ2) is 9.37. The summed E-state index contributed by atoms with van der Waals surface area (Å²) in [6, 6.07) is 9.59. The molecule has 0 amide bonds. The van der Waals surface area contributed by atoms with Gasteiger partial charge in [0.05, 0.1) is 6.54 Å². The van der Waals surface area contributed by atoms with Gasteiger partial charge in [0.25, 0.3) is 0 Å². The molecule has 0 heterocycles. The van der Waals surface area contributed by atoms with E-state index in [0.717, 1.165) is 25.1 Å². The van der Waals surface area contributed by atoms with E-state index in [1.165, 1.54) is 0 Å². The van der Waals surface area contributed by atoms with Crippen molar-refractivity contribution >= 4 is 5.96 Å². The van der Waals surface area contributed by atoms with Crippen molar-refractivity contribution in [1.29, 1.82) is 0 Å². The van der Waals surface area contributed by atoms with Gasteiger partial charge in [-0.3, -0.25) is 0 Å². The first kappa shape index (κ1) is 17.5. The maximum Gasteiger partial charge on any atom is 0.191 e. The smallest absolute Gasteiger partial charge is 0.191 e. The van der Waals surface area contributed by atoms with Crippen LogP contribution in [0.5, 0.6) is 0 Å². The quantitative estimate of drug-likeness (QED) is 0.386. The third-order valence-corrected chi connectivity index (χ3v) is 3.10. The van der Waals surface area contributed by atoms with E-state index >= 15 is 0 Å². The molecule has 1 atom stereocenters. The molecule has 0 aliphatic rings. The van der Waals surface area contributed by atoms with Crippen LogP contribution in [0.4, 0.5) is 0 Å². The zero-order chi connectivity index (χ0) is 15.6. The first-order chi connectivity index (χ1) is 10.1. The Morgan fingerprint density at radius 1 is 1.29 bits per heavy atom. The van der Waals surface area contributed by atoms with Gasteiger partial charge in [-0.25, -0.2) is 4.99 Å². The Labute approximate surface area is 127 Å². The average molecular weight is 293 g/mol. The van der Waals surface area contributed by atoms with Crippen LogP contribution in [0.1, 0.15) is 25.8 Å². The molecule has 0 aromatic heterocycles. The average Bonchev–Trinajstić information content (AvgIpc) is 2.50. The highest BCUT2D eigenvalue weighted by molar-refractivity contribution is 5.79. The van der Waals surface area contributed by atoms with Gasteiger partial charge < -0.3 is 20.5 Å². The maximum absolute atomic E-state index is 10.5. The van der Waals surface area contributed by atoms with Crippen molar-refractivity contribution < 1.29 is 9.84 Å². The largest absolute Gasteiger partial charge is 0.385 e. The van der Waals surface area contributed by atoms with Crippen molar-refractivity contribution in [2.24, 2.45) is 4.99 Å². The van der Waals surface area contributed by atoms with E-state index in [9.17, 15) is 5.11 Å². The van der Waals surface area contributed by atoms with Gasteiger partial charge in [-0.1, -0.05) is 30.3 Å². The van der Waals surface area contributed by atoms with E-state index in [1.54, 1.807) is 14.0 Å². The molecule has 0 aliphatic carbocycles. The summed E-state index contributed by atoms with van der Waals surface area (Å²) >= 11 is 0. The van der Waals surface area contributed by atoms with Crippen molar-refractivity contribution in [2.45, 2.75) is 25.9 Å². The number of hydrogen-bond acceptors (Lipinski definition) is 3. The Bertz CT molecular complexity index is 419. The Hall–Kier alpha value is -1.59. The SMILES string of the molecule is CCNC(=NCC(C)(O)c1ccccc1)NCCCOC. The molecule has 21 heavy (non-hydrogen) atoms. The lowest BCUT2D eigenvalue weighted by Gasteiger charge is -2.22. The summed E-state index contributed by atoms with van der Waals surface area (Å²) in [4.78, 5) is 4.46. The van der Waals surface area contributed by atoms with E-state index in [1.807, 2.05) is 37.3 Å². The van der Waals surface area contributed by atoms with Crippen molar-refractivity contribution in [1.82, 2.24) is 10.6 Å². The minimum atomic E-state index is -0.976. The molecule has 0 radical (unpaired) electrons. The highest BCUT2D eigenvalue weighted by Crippen LogP contribution is 2.20. The summed E-state index contributed by atoms with van der Waals surface area (Å²) in [5.74, 6) is 0.713. The van der Waals surface area contributed by atoms with Crippen LogP contribution in [0.25, 0.3) is 0 Å². The highest BCUT2D eigenvalue weighted by atomic mass is 16.5. The first-order valence-corrected chi connectivity index (χ1v) is 7.39. The molecule has 5 nitrogen and oxygen atoms in total. The van der Waals surface area contributed by atoms with E-state index in [-0.39, 0.29) is 0 Å². The van der Waals surface area contributed by atoms with E-state index in [2.05, 4.69) is 15.6 Å². The summed E-state index contributed by atoms with van der Waals surface area (Å²) in [7, 11) is 1.69. The number of hydrogen-bond donors (Lipinski definition) is 3. The fraction of sp³-hybridized carbons (Fsp3) is 0.562. The zero-order valence-corrected chi connectivity index (χ0v) is 13.2. The Balaban J connectivity index is 2.59. The first-order valence-electron chi connectivity index (χ1n) is 7.39. The predicted molar refractivity (Wildman–Crippen MR) is 86.5 cm³/mol. The van der Waals surface area contributed by atoms with Crippen molar-refractivity contribution in [2.75, 3.05) is 33.4 Å². The lowest BCUT2D eigenvalue weighted by molar-refractivity contribution is 0.0672. The highest BCUT2D eigenvalue weighted by Gasteiger charge is 2.22. The van der Waals surface area contributed by atoms with Crippen molar-refractivity contribution in [3.63, 3.8) is 0 Å². The van der Waals surface area contributed by atoms with Gasteiger partial charge in [-0.05, 0) is 25.8 Å². The van der Waals surface area contributed by atoms with Crippen LogP contribution in [0, 0.1) is 0 Å². The molecule has 0 aliphatic heterocycles. The molecule has 1 aromatic rings. The second-order valence-corrected chi connectivity index (χ2v) is 5.11. The van der Waals surface area contributed by atoms with Crippen molar-refractivity contribution in [3.8, 4) is 0 Å². The molecule has 3 N–H and O–H groups in total. The maximum atomic E-state index is 10.5. The molecule has 1 rings (SSSR count). The Morgan fingerprint density at radius 3 is 2.62 bits per heavy atom. The van der Waals surface area contributed by atoms with Gasteiger partial charge in [-0.15, -0.1) is 0 Å². The number of aliphatic hydroxyl groups is 1. The van der Waals surface area contributed by atoms with Crippen LogP contribution in [0.3, 0.4) is 0 Å². The number of aliphatic imine (C=N–C) groups is 1. The number of guanidine groups is 1. The summed E-state index contributed by atoms with van der Waals surface area (Å²) in [5.41, 5.74) is -0.111. The van der Waals surface area contributed by atoms with Crippen molar-refractivity contribution in [3.05, 3.63) is 35.9 Å². The molecule has 1 aromatic carbocycles. The monoisotopic (exact) mass is 293 g/mol.